The monoisotopic (exact) mass is 308 g/mol. The van der Waals surface area contributed by atoms with E-state index in [2.05, 4.69) is 31.4 Å². The highest BCUT2D eigenvalue weighted by Crippen LogP contribution is 2.38. The van der Waals surface area contributed by atoms with E-state index in [1.165, 1.54) is 6.42 Å². The second-order valence-corrected chi connectivity index (χ2v) is 7.46. The van der Waals surface area contributed by atoms with Crippen LogP contribution in [0.15, 0.2) is 18.2 Å². The van der Waals surface area contributed by atoms with Gasteiger partial charge in [-0.2, -0.15) is 0 Å². The maximum Gasteiger partial charge on any atom is 0.253 e. The minimum Gasteiger partial charge on any atom is -0.387 e. The van der Waals surface area contributed by atoms with Crippen LogP contribution in [0.25, 0.3) is 0 Å². The maximum atomic E-state index is 12.6. The molecule has 3 nitrogen and oxygen atoms in total. The Morgan fingerprint density at radius 2 is 2.05 bits per heavy atom. The fourth-order valence-corrected chi connectivity index (χ4v) is 3.81. The minimum atomic E-state index is -0.0447. The molecule has 21 heavy (non-hydrogen) atoms. The first-order valence-electron chi connectivity index (χ1n) is 7.59. The molecule has 2 N–H and O–H groups in total. The van der Waals surface area contributed by atoms with Crippen molar-refractivity contribution in [2.45, 2.75) is 46.1 Å². The van der Waals surface area contributed by atoms with Gasteiger partial charge < -0.3 is 10.6 Å². The average Bonchev–Trinajstić information content (AvgIpc) is 2.36. The van der Waals surface area contributed by atoms with Crippen LogP contribution < -0.4 is 10.6 Å². The lowest BCUT2D eigenvalue weighted by Crippen LogP contribution is -2.43. The van der Waals surface area contributed by atoms with E-state index in [-0.39, 0.29) is 17.4 Å². The highest BCUT2D eigenvalue weighted by molar-refractivity contribution is 6.31. The maximum absolute atomic E-state index is 12.6. The van der Waals surface area contributed by atoms with Crippen LogP contribution in [0.1, 0.15) is 50.4 Å². The van der Waals surface area contributed by atoms with Gasteiger partial charge in [-0.05, 0) is 48.8 Å². The molecule has 1 aromatic rings. The number of amides is 1. The molecular formula is C17H25ClN2O. The van der Waals surface area contributed by atoms with Gasteiger partial charge in [0.05, 0.1) is 5.56 Å². The van der Waals surface area contributed by atoms with Crippen molar-refractivity contribution < 1.29 is 4.79 Å². The summed E-state index contributed by atoms with van der Waals surface area (Å²) in [5.74, 6) is 0.596. The molecule has 1 aliphatic carbocycles. The first-order valence-corrected chi connectivity index (χ1v) is 7.97. The molecule has 1 aliphatic rings. The van der Waals surface area contributed by atoms with Gasteiger partial charge in [-0.1, -0.05) is 32.4 Å². The molecule has 1 aromatic carbocycles. The Bertz CT molecular complexity index is 528. The molecule has 2 rings (SSSR count). The molecule has 116 valence electrons. The molecule has 0 heterocycles. The molecule has 0 radical (unpaired) electrons. The SMILES string of the molecule is CNc1ccc(Cl)cc1C(=O)N[C@H]1C[C@@H](C)CC(C)(C)C1. The Morgan fingerprint density at radius 3 is 2.67 bits per heavy atom. The molecular weight excluding hydrogens is 284 g/mol. The summed E-state index contributed by atoms with van der Waals surface area (Å²) in [6, 6.07) is 5.58. The van der Waals surface area contributed by atoms with Crippen molar-refractivity contribution in [1.29, 1.82) is 0 Å². The molecule has 0 saturated heterocycles. The predicted molar refractivity (Wildman–Crippen MR) is 89.0 cm³/mol. The summed E-state index contributed by atoms with van der Waals surface area (Å²) in [5.41, 5.74) is 1.71. The number of hydrogen-bond donors (Lipinski definition) is 2. The fraction of sp³-hybridized carbons (Fsp3) is 0.588. The molecule has 0 bridgehead atoms. The molecule has 2 atom stereocenters. The van der Waals surface area contributed by atoms with E-state index in [0.717, 1.165) is 18.5 Å². The largest absolute Gasteiger partial charge is 0.387 e. The van der Waals surface area contributed by atoms with E-state index in [1.807, 2.05) is 13.1 Å². The van der Waals surface area contributed by atoms with Crippen molar-refractivity contribution in [2.75, 3.05) is 12.4 Å². The zero-order valence-electron chi connectivity index (χ0n) is 13.3. The summed E-state index contributed by atoms with van der Waals surface area (Å²) >= 11 is 6.02. The zero-order chi connectivity index (χ0) is 15.6. The zero-order valence-corrected chi connectivity index (χ0v) is 14.1. The topological polar surface area (TPSA) is 41.1 Å². The molecule has 0 aliphatic heterocycles. The van der Waals surface area contributed by atoms with Crippen molar-refractivity contribution in [3.63, 3.8) is 0 Å². The number of benzene rings is 1. The van der Waals surface area contributed by atoms with Crippen LogP contribution in [0.3, 0.4) is 0 Å². The Hall–Kier alpha value is -1.22. The van der Waals surface area contributed by atoms with Crippen molar-refractivity contribution >= 4 is 23.2 Å². The van der Waals surface area contributed by atoms with Crippen LogP contribution in [0.5, 0.6) is 0 Å². The number of nitrogens with one attached hydrogen (secondary N) is 2. The van der Waals surface area contributed by atoms with E-state index < -0.39 is 0 Å². The Labute approximate surface area is 132 Å². The Balaban J connectivity index is 2.13. The van der Waals surface area contributed by atoms with Crippen molar-refractivity contribution in [3.8, 4) is 0 Å². The third-order valence-electron chi connectivity index (χ3n) is 4.22. The molecule has 0 unspecified atom stereocenters. The van der Waals surface area contributed by atoms with Crippen molar-refractivity contribution in [2.24, 2.45) is 11.3 Å². The number of hydrogen-bond acceptors (Lipinski definition) is 2. The van der Waals surface area contributed by atoms with Crippen LogP contribution in [0, 0.1) is 11.3 Å². The smallest absolute Gasteiger partial charge is 0.253 e. The quantitative estimate of drug-likeness (QED) is 0.873. The molecule has 1 amide bonds. The highest BCUT2D eigenvalue weighted by atomic mass is 35.5. The predicted octanol–water partition coefficient (Wildman–Crippen LogP) is 4.33. The number of anilines is 1. The van der Waals surface area contributed by atoms with E-state index in [9.17, 15) is 4.79 Å². The van der Waals surface area contributed by atoms with Gasteiger partial charge in [0, 0.05) is 23.8 Å². The van der Waals surface area contributed by atoms with Gasteiger partial charge in [0.1, 0.15) is 0 Å². The summed E-state index contributed by atoms with van der Waals surface area (Å²) in [7, 11) is 1.81. The second-order valence-electron chi connectivity index (χ2n) is 7.02. The van der Waals surface area contributed by atoms with Crippen molar-refractivity contribution in [1.82, 2.24) is 5.32 Å². The Kier molecular flexibility index (Phi) is 4.82. The second kappa shape index (κ2) is 6.27. The number of rotatable bonds is 3. The average molecular weight is 309 g/mol. The minimum absolute atomic E-state index is 0.0447. The van der Waals surface area contributed by atoms with Gasteiger partial charge in [-0.15, -0.1) is 0 Å². The lowest BCUT2D eigenvalue weighted by atomic mass is 9.70. The van der Waals surface area contributed by atoms with Gasteiger partial charge in [0.15, 0.2) is 0 Å². The third kappa shape index (κ3) is 4.13. The van der Waals surface area contributed by atoms with Gasteiger partial charge in [-0.3, -0.25) is 4.79 Å². The van der Waals surface area contributed by atoms with Crippen LogP contribution in [0.4, 0.5) is 5.69 Å². The van der Waals surface area contributed by atoms with Gasteiger partial charge in [0.25, 0.3) is 5.91 Å². The molecule has 4 heteroatoms. The van der Waals surface area contributed by atoms with Gasteiger partial charge in [0.2, 0.25) is 0 Å². The summed E-state index contributed by atoms with van der Waals surface area (Å²) in [4.78, 5) is 12.6. The first-order chi connectivity index (χ1) is 9.80. The third-order valence-corrected chi connectivity index (χ3v) is 4.45. The summed E-state index contributed by atoms with van der Waals surface area (Å²) in [5, 5.41) is 6.81. The van der Waals surface area contributed by atoms with Gasteiger partial charge >= 0.3 is 0 Å². The number of carbonyl (C=O) groups is 1. The van der Waals surface area contributed by atoms with Crippen LogP contribution in [-0.4, -0.2) is 19.0 Å². The fourth-order valence-electron chi connectivity index (χ4n) is 3.64. The Morgan fingerprint density at radius 1 is 1.33 bits per heavy atom. The van der Waals surface area contributed by atoms with Crippen LogP contribution >= 0.6 is 11.6 Å². The standard InChI is InChI=1S/C17H25ClN2O/c1-11-7-13(10-17(2,3)9-11)20-16(21)14-8-12(18)5-6-15(14)19-4/h5-6,8,11,13,19H,7,9-10H2,1-4H3,(H,20,21)/t11-,13+/m1/s1. The summed E-state index contributed by atoms with van der Waals surface area (Å²) < 4.78 is 0. The molecule has 1 fully saturated rings. The summed E-state index contributed by atoms with van der Waals surface area (Å²) in [6.45, 7) is 6.82. The van der Waals surface area contributed by atoms with Crippen molar-refractivity contribution in [3.05, 3.63) is 28.8 Å². The molecule has 0 spiro atoms. The van der Waals surface area contributed by atoms with Crippen LogP contribution in [-0.2, 0) is 0 Å². The van der Waals surface area contributed by atoms with E-state index in [0.29, 0.717) is 16.5 Å². The van der Waals surface area contributed by atoms with Crippen LogP contribution in [0.2, 0.25) is 5.02 Å². The summed E-state index contributed by atoms with van der Waals surface area (Å²) in [6.07, 6.45) is 3.29. The lowest BCUT2D eigenvalue weighted by molar-refractivity contribution is 0.0875. The highest BCUT2D eigenvalue weighted by Gasteiger charge is 2.33. The van der Waals surface area contributed by atoms with E-state index >= 15 is 0 Å². The van der Waals surface area contributed by atoms with Gasteiger partial charge in [-0.25, -0.2) is 0 Å². The molecule has 0 aromatic heterocycles. The lowest BCUT2D eigenvalue weighted by Gasteiger charge is -2.39. The number of carbonyl (C=O) groups excluding carboxylic acids is 1. The normalized spacial score (nSPS) is 24.4. The molecule has 1 saturated carbocycles. The van der Waals surface area contributed by atoms with E-state index in [4.69, 9.17) is 11.6 Å². The number of halogens is 1. The van der Waals surface area contributed by atoms with E-state index in [1.54, 1.807) is 12.1 Å². The first kappa shape index (κ1) is 16.2.